The molecule has 90 valence electrons. The van der Waals surface area contributed by atoms with Crippen molar-refractivity contribution in [2.45, 2.75) is 33.1 Å². The van der Waals surface area contributed by atoms with E-state index in [0.717, 1.165) is 11.3 Å². The third-order valence-electron chi connectivity index (χ3n) is 2.79. The maximum absolute atomic E-state index is 5.93. The molecule has 2 rings (SSSR count). The molecule has 0 bridgehead atoms. The predicted octanol–water partition coefficient (Wildman–Crippen LogP) is 5.07. The minimum Gasteiger partial charge on any atom is -0.225 e. The van der Waals surface area contributed by atoms with Crippen LogP contribution in [-0.4, -0.2) is 4.98 Å². The molecule has 0 atom stereocenters. The van der Waals surface area contributed by atoms with Crippen molar-refractivity contribution >= 4 is 22.9 Å². The van der Waals surface area contributed by atoms with Crippen LogP contribution in [0, 0.1) is 6.92 Å². The van der Waals surface area contributed by atoms with Crippen LogP contribution < -0.4 is 0 Å². The average Bonchev–Trinajstić information content (AvgIpc) is 2.57. The standard InChI is InChI=1S/C14H16ClNS/c1-9-12(16-13(15)17-9)10-5-7-11(8-6-10)14(2,3)4/h5-8H,1-4H3. The number of rotatable bonds is 1. The van der Waals surface area contributed by atoms with Crippen molar-refractivity contribution in [2.75, 3.05) is 0 Å². The van der Waals surface area contributed by atoms with Crippen LogP contribution in [0.5, 0.6) is 0 Å². The number of hydrogen-bond donors (Lipinski definition) is 0. The van der Waals surface area contributed by atoms with E-state index in [1.54, 1.807) is 0 Å². The van der Waals surface area contributed by atoms with Gasteiger partial charge in [-0.25, -0.2) is 4.98 Å². The van der Waals surface area contributed by atoms with E-state index in [0.29, 0.717) is 4.47 Å². The SMILES string of the molecule is Cc1sc(Cl)nc1-c1ccc(C(C)(C)C)cc1. The molecule has 0 fully saturated rings. The van der Waals surface area contributed by atoms with E-state index in [1.165, 1.54) is 21.8 Å². The minimum atomic E-state index is 0.188. The van der Waals surface area contributed by atoms with Gasteiger partial charge in [-0.3, -0.25) is 0 Å². The van der Waals surface area contributed by atoms with Gasteiger partial charge in [0.1, 0.15) is 0 Å². The van der Waals surface area contributed by atoms with Gasteiger partial charge in [0.15, 0.2) is 4.47 Å². The lowest BCUT2D eigenvalue weighted by atomic mass is 9.86. The summed E-state index contributed by atoms with van der Waals surface area (Å²) in [6, 6.07) is 8.59. The van der Waals surface area contributed by atoms with Gasteiger partial charge >= 0.3 is 0 Å². The molecule has 1 aromatic heterocycles. The summed E-state index contributed by atoms with van der Waals surface area (Å²) in [7, 11) is 0. The molecule has 1 nitrogen and oxygen atoms in total. The molecule has 0 aliphatic rings. The Morgan fingerprint density at radius 2 is 1.71 bits per heavy atom. The zero-order chi connectivity index (χ0) is 12.6. The van der Waals surface area contributed by atoms with Gasteiger partial charge in [0, 0.05) is 10.4 Å². The highest BCUT2D eigenvalue weighted by Crippen LogP contribution is 2.31. The van der Waals surface area contributed by atoms with E-state index in [1.807, 2.05) is 0 Å². The number of nitrogens with zero attached hydrogens (tertiary/aromatic N) is 1. The summed E-state index contributed by atoms with van der Waals surface area (Å²) in [6.45, 7) is 8.70. The van der Waals surface area contributed by atoms with E-state index in [9.17, 15) is 0 Å². The van der Waals surface area contributed by atoms with Crippen molar-refractivity contribution in [3.05, 3.63) is 39.2 Å². The molecule has 3 heteroatoms. The van der Waals surface area contributed by atoms with Gasteiger partial charge in [-0.05, 0) is 17.9 Å². The van der Waals surface area contributed by atoms with E-state index < -0.39 is 0 Å². The number of halogens is 1. The van der Waals surface area contributed by atoms with Gasteiger partial charge in [-0.1, -0.05) is 56.6 Å². The topological polar surface area (TPSA) is 12.9 Å². The fourth-order valence-electron chi connectivity index (χ4n) is 1.76. The number of thiazole rings is 1. The largest absolute Gasteiger partial charge is 0.225 e. The zero-order valence-electron chi connectivity index (χ0n) is 10.5. The Morgan fingerprint density at radius 3 is 2.12 bits per heavy atom. The molecular formula is C14H16ClNS. The van der Waals surface area contributed by atoms with Crippen LogP contribution in [0.4, 0.5) is 0 Å². The summed E-state index contributed by atoms with van der Waals surface area (Å²) in [4.78, 5) is 5.52. The number of hydrogen-bond acceptors (Lipinski definition) is 2. The quantitative estimate of drug-likeness (QED) is 0.702. The van der Waals surface area contributed by atoms with Crippen LogP contribution in [-0.2, 0) is 5.41 Å². The van der Waals surface area contributed by atoms with Crippen molar-refractivity contribution in [3.8, 4) is 11.3 Å². The fraction of sp³-hybridized carbons (Fsp3) is 0.357. The van der Waals surface area contributed by atoms with Gasteiger partial charge in [0.25, 0.3) is 0 Å². The summed E-state index contributed by atoms with van der Waals surface area (Å²) < 4.78 is 0.609. The lowest BCUT2D eigenvalue weighted by Gasteiger charge is -2.19. The molecule has 0 saturated carbocycles. The summed E-state index contributed by atoms with van der Waals surface area (Å²) >= 11 is 7.45. The third kappa shape index (κ3) is 2.70. The van der Waals surface area contributed by atoms with Crippen LogP contribution in [0.15, 0.2) is 24.3 Å². The number of aryl methyl sites for hydroxylation is 1. The Balaban J connectivity index is 2.39. The summed E-state index contributed by atoms with van der Waals surface area (Å²) in [6.07, 6.45) is 0. The van der Waals surface area contributed by atoms with Gasteiger partial charge in [0.05, 0.1) is 5.69 Å². The van der Waals surface area contributed by atoms with Crippen LogP contribution >= 0.6 is 22.9 Å². The van der Waals surface area contributed by atoms with Crippen LogP contribution in [0.2, 0.25) is 4.47 Å². The van der Waals surface area contributed by atoms with Crippen LogP contribution in [0.1, 0.15) is 31.2 Å². The second-order valence-electron chi connectivity index (χ2n) is 5.20. The average molecular weight is 266 g/mol. The van der Waals surface area contributed by atoms with E-state index in [2.05, 4.69) is 56.9 Å². The first-order chi connectivity index (χ1) is 7.88. The van der Waals surface area contributed by atoms with Gasteiger partial charge in [0.2, 0.25) is 0 Å². The van der Waals surface area contributed by atoms with Crippen molar-refractivity contribution in [2.24, 2.45) is 0 Å². The minimum absolute atomic E-state index is 0.188. The van der Waals surface area contributed by atoms with Crippen LogP contribution in [0.25, 0.3) is 11.3 Å². The maximum atomic E-state index is 5.93. The molecule has 0 spiro atoms. The Bertz CT molecular complexity index is 520. The molecule has 0 amide bonds. The molecule has 0 radical (unpaired) electrons. The zero-order valence-corrected chi connectivity index (χ0v) is 12.1. The normalized spacial score (nSPS) is 11.8. The van der Waals surface area contributed by atoms with Gasteiger partial charge in [-0.2, -0.15) is 0 Å². The molecule has 1 aromatic carbocycles. The van der Waals surface area contributed by atoms with Gasteiger partial charge < -0.3 is 0 Å². The molecule has 17 heavy (non-hydrogen) atoms. The summed E-state index contributed by atoms with van der Waals surface area (Å²) in [5, 5.41) is 0. The summed E-state index contributed by atoms with van der Waals surface area (Å²) in [5.74, 6) is 0. The highest BCUT2D eigenvalue weighted by molar-refractivity contribution is 7.16. The Labute approximate surface area is 111 Å². The van der Waals surface area contributed by atoms with Crippen molar-refractivity contribution in [3.63, 3.8) is 0 Å². The third-order valence-corrected chi connectivity index (χ3v) is 3.87. The first-order valence-corrected chi connectivity index (χ1v) is 6.81. The lowest BCUT2D eigenvalue weighted by Crippen LogP contribution is -2.10. The Hall–Kier alpha value is -0.860. The van der Waals surface area contributed by atoms with Crippen LogP contribution in [0.3, 0.4) is 0 Å². The number of benzene rings is 1. The maximum Gasteiger partial charge on any atom is 0.184 e. The van der Waals surface area contributed by atoms with Gasteiger partial charge in [-0.15, -0.1) is 11.3 Å². The lowest BCUT2D eigenvalue weighted by molar-refractivity contribution is 0.590. The second kappa shape index (κ2) is 4.43. The fourth-order valence-corrected chi connectivity index (χ4v) is 2.84. The molecule has 0 N–H and O–H groups in total. The Kier molecular flexibility index (Phi) is 3.28. The molecule has 0 aliphatic heterocycles. The monoisotopic (exact) mass is 265 g/mol. The first-order valence-electron chi connectivity index (χ1n) is 5.62. The summed E-state index contributed by atoms with van der Waals surface area (Å²) in [5.41, 5.74) is 3.66. The smallest absolute Gasteiger partial charge is 0.184 e. The molecular weight excluding hydrogens is 250 g/mol. The predicted molar refractivity (Wildman–Crippen MR) is 76.0 cm³/mol. The highest BCUT2D eigenvalue weighted by Gasteiger charge is 2.14. The highest BCUT2D eigenvalue weighted by atomic mass is 35.5. The number of aromatic nitrogens is 1. The Morgan fingerprint density at radius 1 is 1.12 bits per heavy atom. The molecule has 0 saturated heterocycles. The molecule has 0 unspecified atom stereocenters. The van der Waals surface area contributed by atoms with Crippen molar-refractivity contribution in [1.29, 1.82) is 0 Å². The van der Waals surface area contributed by atoms with E-state index in [4.69, 9.17) is 11.6 Å². The van der Waals surface area contributed by atoms with E-state index in [-0.39, 0.29) is 5.41 Å². The second-order valence-corrected chi connectivity index (χ2v) is 6.98. The van der Waals surface area contributed by atoms with Crippen molar-refractivity contribution in [1.82, 2.24) is 4.98 Å². The first kappa shape index (κ1) is 12.6. The molecule has 2 aromatic rings. The molecule has 0 aliphatic carbocycles. The van der Waals surface area contributed by atoms with Crippen molar-refractivity contribution < 1.29 is 0 Å². The van der Waals surface area contributed by atoms with E-state index >= 15 is 0 Å². The molecule has 1 heterocycles.